The molecule has 2 amide bonds. The minimum absolute atomic E-state index is 0.0451. The summed E-state index contributed by atoms with van der Waals surface area (Å²) < 4.78 is 2.10. The van der Waals surface area contributed by atoms with Crippen molar-refractivity contribution in [3.05, 3.63) is 23.0 Å². The van der Waals surface area contributed by atoms with E-state index in [2.05, 4.69) is 18.4 Å². The summed E-state index contributed by atoms with van der Waals surface area (Å²) >= 11 is 0. The van der Waals surface area contributed by atoms with E-state index in [9.17, 15) is 14.4 Å². The molecule has 0 saturated carbocycles. The van der Waals surface area contributed by atoms with Gasteiger partial charge in [-0.2, -0.15) is 0 Å². The number of aliphatic carboxylic acids is 1. The zero-order valence-electron chi connectivity index (χ0n) is 16.3. The van der Waals surface area contributed by atoms with Gasteiger partial charge in [0, 0.05) is 37.6 Å². The normalized spacial score (nSPS) is 17.5. The number of carbonyl (C=O) groups is 3. The third-order valence-corrected chi connectivity index (χ3v) is 5.07. The third kappa shape index (κ3) is 4.08. The molecule has 1 N–H and O–H groups in total. The molecule has 0 radical (unpaired) electrons. The number of amides is 2. The molecular weight excluding hydrogens is 334 g/mol. The molecule has 0 bridgehead atoms. The first-order chi connectivity index (χ1) is 12.1. The number of hydrogen-bond donors (Lipinski definition) is 1. The van der Waals surface area contributed by atoms with Gasteiger partial charge in [-0.05, 0) is 46.6 Å². The molecule has 0 spiro atoms. The van der Waals surface area contributed by atoms with Crippen LogP contribution in [0.25, 0.3) is 0 Å². The van der Waals surface area contributed by atoms with Crippen molar-refractivity contribution < 1.29 is 19.5 Å². The fourth-order valence-electron chi connectivity index (χ4n) is 3.77. The zero-order chi connectivity index (χ0) is 19.6. The first-order valence-electron chi connectivity index (χ1n) is 9.08. The lowest BCUT2D eigenvalue weighted by atomic mass is 9.98. The molecule has 2 heterocycles. The number of rotatable bonds is 5. The Bertz CT molecular complexity index is 708. The Morgan fingerprint density at radius 2 is 1.96 bits per heavy atom. The number of aryl methyl sites for hydroxylation is 1. The molecule has 1 fully saturated rings. The van der Waals surface area contributed by atoms with Crippen molar-refractivity contribution in [2.75, 3.05) is 26.7 Å². The summed E-state index contributed by atoms with van der Waals surface area (Å²) in [5.41, 5.74) is 2.51. The van der Waals surface area contributed by atoms with E-state index in [4.69, 9.17) is 5.11 Å². The van der Waals surface area contributed by atoms with Gasteiger partial charge in [-0.15, -0.1) is 0 Å². The number of hydrogen-bond acceptors (Lipinski definition) is 3. The SMILES string of the molecule is Cc1cc(C(=O)N(C)CC(=O)N2CCCC(C(=O)O)C2)c(C)n1C(C)C. The maximum absolute atomic E-state index is 12.8. The van der Waals surface area contributed by atoms with Crippen molar-refractivity contribution in [3.63, 3.8) is 0 Å². The number of carbonyl (C=O) groups excluding carboxylic acids is 2. The predicted octanol–water partition coefficient (Wildman–Crippen LogP) is 2.08. The van der Waals surface area contributed by atoms with Gasteiger partial charge in [0.15, 0.2) is 0 Å². The molecule has 1 aliphatic heterocycles. The van der Waals surface area contributed by atoms with Crippen molar-refractivity contribution in [2.24, 2.45) is 5.92 Å². The van der Waals surface area contributed by atoms with Crippen LogP contribution < -0.4 is 0 Å². The van der Waals surface area contributed by atoms with Crippen LogP contribution in [0.2, 0.25) is 0 Å². The van der Waals surface area contributed by atoms with Gasteiger partial charge in [0.25, 0.3) is 5.91 Å². The number of likely N-dealkylation sites (tertiary alicyclic amines) is 1. The highest BCUT2D eigenvalue weighted by atomic mass is 16.4. The Kier molecular flexibility index (Phi) is 6.10. The molecule has 1 aromatic heterocycles. The van der Waals surface area contributed by atoms with Crippen LogP contribution in [0.3, 0.4) is 0 Å². The Labute approximate surface area is 154 Å². The average molecular weight is 363 g/mol. The summed E-state index contributed by atoms with van der Waals surface area (Å²) in [5.74, 6) is -1.78. The average Bonchev–Trinajstić information content (AvgIpc) is 2.88. The number of piperidine rings is 1. The fourth-order valence-corrected chi connectivity index (χ4v) is 3.77. The first-order valence-corrected chi connectivity index (χ1v) is 9.08. The van der Waals surface area contributed by atoms with Crippen LogP contribution in [0.1, 0.15) is 54.5 Å². The van der Waals surface area contributed by atoms with E-state index < -0.39 is 11.9 Å². The Hall–Kier alpha value is -2.31. The number of aromatic nitrogens is 1. The van der Waals surface area contributed by atoms with E-state index in [1.54, 1.807) is 11.9 Å². The lowest BCUT2D eigenvalue weighted by Crippen LogP contribution is -2.47. The summed E-state index contributed by atoms with van der Waals surface area (Å²) in [7, 11) is 1.61. The fraction of sp³-hybridized carbons (Fsp3) is 0.632. The highest BCUT2D eigenvalue weighted by molar-refractivity contribution is 5.97. The van der Waals surface area contributed by atoms with Gasteiger partial charge in [0.2, 0.25) is 5.91 Å². The van der Waals surface area contributed by atoms with E-state index in [0.717, 1.165) is 11.4 Å². The molecule has 1 aromatic rings. The predicted molar refractivity (Wildman–Crippen MR) is 98.2 cm³/mol. The van der Waals surface area contributed by atoms with Crippen molar-refractivity contribution in [3.8, 4) is 0 Å². The van der Waals surface area contributed by atoms with E-state index >= 15 is 0 Å². The largest absolute Gasteiger partial charge is 0.481 e. The standard InChI is InChI=1S/C19H29N3O4/c1-12(2)22-13(3)9-16(14(22)4)18(24)20(5)11-17(23)21-8-6-7-15(10-21)19(25)26/h9,12,15H,6-8,10-11H2,1-5H3,(H,25,26). The van der Waals surface area contributed by atoms with Crippen LogP contribution in [0.5, 0.6) is 0 Å². The van der Waals surface area contributed by atoms with E-state index in [-0.39, 0.29) is 30.9 Å². The topological polar surface area (TPSA) is 82.8 Å². The smallest absolute Gasteiger partial charge is 0.308 e. The third-order valence-electron chi connectivity index (χ3n) is 5.07. The molecule has 1 aliphatic rings. The highest BCUT2D eigenvalue weighted by Crippen LogP contribution is 2.21. The molecule has 0 aromatic carbocycles. The molecule has 26 heavy (non-hydrogen) atoms. The highest BCUT2D eigenvalue weighted by Gasteiger charge is 2.29. The van der Waals surface area contributed by atoms with E-state index in [1.165, 1.54) is 4.90 Å². The Balaban J connectivity index is 2.06. The van der Waals surface area contributed by atoms with Crippen LogP contribution in [-0.4, -0.2) is 63.9 Å². The van der Waals surface area contributed by atoms with Crippen LogP contribution >= 0.6 is 0 Å². The second-order valence-corrected chi connectivity index (χ2v) is 7.43. The zero-order valence-corrected chi connectivity index (χ0v) is 16.3. The molecule has 1 atom stereocenters. The minimum atomic E-state index is -0.868. The number of carboxylic acid groups (broad SMARTS) is 1. The summed E-state index contributed by atoms with van der Waals surface area (Å²) in [4.78, 5) is 39.4. The van der Waals surface area contributed by atoms with Gasteiger partial charge >= 0.3 is 5.97 Å². The van der Waals surface area contributed by atoms with Crippen molar-refractivity contribution in [1.82, 2.24) is 14.4 Å². The molecule has 7 heteroatoms. The van der Waals surface area contributed by atoms with Gasteiger partial charge < -0.3 is 19.5 Å². The summed E-state index contributed by atoms with van der Waals surface area (Å²) in [6.45, 7) is 8.74. The number of carboxylic acids is 1. The van der Waals surface area contributed by atoms with E-state index in [1.807, 2.05) is 19.9 Å². The van der Waals surface area contributed by atoms with Gasteiger partial charge in [0.1, 0.15) is 0 Å². The minimum Gasteiger partial charge on any atom is -0.481 e. The van der Waals surface area contributed by atoms with Gasteiger partial charge in [0.05, 0.1) is 18.0 Å². The molecule has 7 nitrogen and oxygen atoms in total. The number of nitrogens with zero attached hydrogens (tertiary/aromatic N) is 3. The van der Waals surface area contributed by atoms with Crippen molar-refractivity contribution in [1.29, 1.82) is 0 Å². The first kappa shape index (κ1) is 20.0. The Morgan fingerprint density at radius 3 is 2.50 bits per heavy atom. The molecule has 1 unspecified atom stereocenters. The van der Waals surface area contributed by atoms with Crippen molar-refractivity contribution in [2.45, 2.75) is 46.6 Å². The second kappa shape index (κ2) is 7.93. The van der Waals surface area contributed by atoms with Crippen LogP contribution in [0, 0.1) is 19.8 Å². The maximum atomic E-state index is 12.8. The van der Waals surface area contributed by atoms with Crippen LogP contribution in [-0.2, 0) is 9.59 Å². The second-order valence-electron chi connectivity index (χ2n) is 7.43. The van der Waals surface area contributed by atoms with Crippen molar-refractivity contribution >= 4 is 17.8 Å². The van der Waals surface area contributed by atoms with Crippen LogP contribution in [0.15, 0.2) is 6.07 Å². The summed E-state index contributed by atoms with van der Waals surface area (Å²) in [6, 6.07) is 2.12. The molecule has 2 rings (SSSR count). The molecule has 0 aliphatic carbocycles. The lowest BCUT2D eigenvalue weighted by Gasteiger charge is -2.32. The maximum Gasteiger partial charge on any atom is 0.308 e. The van der Waals surface area contributed by atoms with E-state index in [0.29, 0.717) is 24.9 Å². The van der Waals surface area contributed by atoms with Gasteiger partial charge in [-0.1, -0.05) is 0 Å². The number of likely N-dealkylation sites (N-methyl/N-ethyl adjacent to an activating group) is 1. The Morgan fingerprint density at radius 1 is 1.31 bits per heavy atom. The molecular formula is C19H29N3O4. The lowest BCUT2D eigenvalue weighted by molar-refractivity contribution is -0.145. The van der Waals surface area contributed by atoms with Gasteiger partial charge in [-0.25, -0.2) is 0 Å². The molecule has 1 saturated heterocycles. The molecule has 144 valence electrons. The van der Waals surface area contributed by atoms with Gasteiger partial charge in [-0.3, -0.25) is 14.4 Å². The summed E-state index contributed by atoms with van der Waals surface area (Å²) in [5, 5.41) is 9.16. The monoisotopic (exact) mass is 363 g/mol. The summed E-state index contributed by atoms with van der Waals surface area (Å²) in [6.07, 6.45) is 1.27. The van der Waals surface area contributed by atoms with Crippen LogP contribution in [0.4, 0.5) is 0 Å². The quantitative estimate of drug-likeness (QED) is 0.868.